The van der Waals surface area contributed by atoms with Gasteiger partial charge in [0, 0.05) is 11.9 Å². The Hall–Kier alpha value is -0.260. The van der Waals surface area contributed by atoms with Crippen LogP contribution in [0, 0.1) is 17.8 Å². The maximum absolute atomic E-state index is 12.3. The van der Waals surface area contributed by atoms with Crippen molar-refractivity contribution in [3.63, 3.8) is 0 Å². The number of carbonyl (C=O) groups excluding carboxylic acids is 1. The molecule has 5 fully saturated rings. The molecule has 1 amide bonds. The van der Waals surface area contributed by atoms with E-state index < -0.39 is 0 Å². The second kappa shape index (κ2) is 5.99. The van der Waals surface area contributed by atoms with Crippen molar-refractivity contribution in [2.75, 3.05) is 26.1 Å². The van der Waals surface area contributed by atoms with Crippen LogP contribution < -0.4 is 5.32 Å². The van der Waals surface area contributed by atoms with Crippen LogP contribution in [-0.2, 0) is 14.3 Å². The van der Waals surface area contributed by atoms with E-state index in [1.54, 1.807) is 7.11 Å². The predicted molar refractivity (Wildman–Crippen MR) is 86.9 cm³/mol. The molecule has 0 aromatic rings. The first kappa shape index (κ1) is 15.3. The molecule has 0 aromatic heterocycles. The van der Waals surface area contributed by atoms with Crippen molar-refractivity contribution in [2.45, 2.75) is 55.4 Å². The molecule has 0 aromatic carbocycles. The van der Waals surface area contributed by atoms with Gasteiger partial charge in [0.05, 0.1) is 25.0 Å². The summed E-state index contributed by atoms with van der Waals surface area (Å²) in [7, 11) is 1.68. The Labute approximate surface area is 137 Å². The number of hydrogen-bond acceptors (Lipinski definition) is 4. The second-order valence-corrected chi connectivity index (χ2v) is 9.32. The van der Waals surface area contributed by atoms with Crippen molar-refractivity contribution in [1.29, 1.82) is 0 Å². The average molecular weight is 325 g/mol. The van der Waals surface area contributed by atoms with Gasteiger partial charge in [-0.25, -0.2) is 0 Å². The molecule has 22 heavy (non-hydrogen) atoms. The van der Waals surface area contributed by atoms with Gasteiger partial charge in [-0.1, -0.05) is 0 Å². The van der Waals surface area contributed by atoms with E-state index in [0.29, 0.717) is 23.7 Å². The topological polar surface area (TPSA) is 47.6 Å². The van der Waals surface area contributed by atoms with E-state index in [2.05, 4.69) is 5.32 Å². The molecule has 0 unspecified atom stereocenters. The zero-order chi connectivity index (χ0) is 15.2. The third-order valence-corrected chi connectivity index (χ3v) is 7.69. The number of amides is 1. The Balaban J connectivity index is 1.30. The Morgan fingerprint density at radius 3 is 2.41 bits per heavy atom. The molecule has 0 radical (unpaired) electrons. The normalized spacial score (nSPS) is 46.1. The Bertz CT molecular complexity index is 406. The second-order valence-electron chi connectivity index (χ2n) is 7.87. The lowest BCUT2D eigenvalue weighted by Gasteiger charge is -2.56. The average Bonchev–Trinajstić information content (AvgIpc) is 2.91. The van der Waals surface area contributed by atoms with E-state index in [-0.39, 0.29) is 18.1 Å². The molecular weight excluding hydrogens is 298 g/mol. The van der Waals surface area contributed by atoms with Crippen LogP contribution in [0.4, 0.5) is 0 Å². The quantitative estimate of drug-likeness (QED) is 0.842. The molecule has 0 spiro atoms. The number of ether oxygens (including phenoxy) is 2. The minimum absolute atomic E-state index is 0.00787. The first-order valence-electron chi connectivity index (χ1n) is 8.70. The molecule has 1 N–H and O–H groups in total. The van der Waals surface area contributed by atoms with E-state index in [0.717, 1.165) is 17.8 Å². The van der Waals surface area contributed by atoms with Crippen LogP contribution in [-0.4, -0.2) is 48.9 Å². The summed E-state index contributed by atoms with van der Waals surface area (Å²) < 4.78 is 11.2. The fourth-order valence-electron chi connectivity index (χ4n) is 5.58. The highest BCUT2D eigenvalue weighted by atomic mass is 32.2. The fraction of sp³-hybridized carbons (Fsp3) is 0.941. The van der Waals surface area contributed by atoms with Crippen LogP contribution in [0.1, 0.15) is 38.5 Å². The summed E-state index contributed by atoms with van der Waals surface area (Å²) in [6.07, 6.45) is 8.44. The zero-order valence-electron chi connectivity index (χ0n) is 13.4. The number of thioether (sulfide) groups is 1. The van der Waals surface area contributed by atoms with E-state index in [9.17, 15) is 4.79 Å². The molecule has 4 saturated carbocycles. The van der Waals surface area contributed by atoms with Gasteiger partial charge >= 0.3 is 0 Å². The number of methoxy groups -OCH3 is 1. The van der Waals surface area contributed by atoms with Crippen LogP contribution in [0.5, 0.6) is 0 Å². The van der Waals surface area contributed by atoms with Crippen molar-refractivity contribution < 1.29 is 14.3 Å². The van der Waals surface area contributed by atoms with Gasteiger partial charge in [-0.2, -0.15) is 0 Å². The fourth-order valence-corrected chi connectivity index (χ4v) is 7.16. The third kappa shape index (κ3) is 2.92. The summed E-state index contributed by atoms with van der Waals surface area (Å²) in [4.78, 5) is 12.3. The Kier molecular flexibility index (Phi) is 4.16. The lowest BCUT2D eigenvalue weighted by atomic mass is 9.56. The van der Waals surface area contributed by atoms with Gasteiger partial charge in [0.2, 0.25) is 5.91 Å². The first-order valence-corrected chi connectivity index (χ1v) is 9.68. The molecule has 4 aliphatic carbocycles. The summed E-state index contributed by atoms with van der Waals surface area (Å²) in [6, 6.07) is 0.0227. The molecule has 1 heterocycles. The Morgan fingerprint density at radius 2 is 1.82 bits per heavy atom. The standard InChI is InChI=1S/C17H27NO3S/c1-20-15-9-21-8-14(15)18-16(19)10-22-17-5-11-2-12(6-17)4-13(3-11)7-17/h11-15H,2-10H2,1H3,(H,18,19)/t11?,12?,13?,14-,15-,17?/m0/s1. The summed E-state index contributed by atoms with van der Waals surface area (Å²) >= 11 is 1.94. The van der Waals surface area contributed by atoms with Crippen molar-refractivity contribution in [1.82, 2.24) is 5.32 Å². The van der Waals surface area contributed by atoms with Gasteiger partial charge in [0.25, 0.3) is 0 Å². The molecular formula is C17H27NO3S. The molecule has 4 bridgehead atoms. The van der Waals surface area contributed by atoms with E-state index in [1.807, 2.05) is 11.8 Å². The number of carbonyl (C=O) groups is 1. The van der Waals surface area contributed by atoms with Crippen LogP contribution >= 0.6 is 11.8 Å². The molecule has 4 nitrogen and oxygen atoms in total. The minimum Gasteiger partial charge on any atom is -0.377 e. The molecule has 2 atom stereocenters. The lowest BCUT2D eigenvalue weighted by Crippen LogP contribution is -2.49. The minimum atomic E-state index is 0.00787. The van der Waals surface area contributed by atoms with E-state index in [4.69, 9.17) is 9.47 Å². The highest BCUT2D eigenvalue weighted by Gasteiger charge is 2.51. The molecule has 5 aliphatic rings. The van der Waals surface area contributed by atoms with Crippen molar-refractivity contribution in [3.8, 4) is 0 Å². The summed E-state index contributed by atoms with van der Waals surface area (Å²) in [5, 5.41) is 3.10. The zero-order valence-corrected chi connectivity index (χ0v) is 14.2. The monoisotopic (exact) mass is 325 g/mol. The van der Waals surface area contributed by atoms with Crippen molar-refractivity contribution in [2.24, 2.45) is 17.8 Å². The number of rotatable bonds is 5. The molecule has 5 rings (SSSR count). The summed E-state index contributed by atoms with van der Waals surface area (Å²) in [6.45, 7) is 1.16. The van der Waals surface area contributed by atoms with Crippen molar-refractivity contribution in [3.05, 3.63) is 0 Å². The van der Waals surface area contributed by atoms with Crippen LogP contribution in [0.25, 0.3) is 0 Å². The van der Waals surface area contributed by atoms with Gasteiger partial charge in [-0.3, -0.25) is 4.79 Å². The highest BCUT2D eigenvalue weighted by Crippen LogP contribution is 2.60. The molecule has 5 heteroatoms. The van der Waals surface area contributed by atoms with Gasteiger partial charge in [-0.05, 0) is 56.3 Å². The SMILES string of the molecule is CO[C@H]1COC[C@@H]1NC(=O)CSC12CC3CC(CC(C3)C1)C2. The van der Waals surface area contributed by atoms with Gasteiger partial charge in [0.15, 0.2) is 0 Å². The van der Waals surface area contributed by atoms with E-state index in [1.165, 1.54) is 38.5 Å². The van der Waals surface area contributed by atoms with Gasteiger partial charge < -0.3 is 14.8 Å². The number of hydrogen-bond donors (Lipinski definition) is 1. The maximum Gasteiger partial charge on any atom is 0.230 e. The highest BCUT2D eigenvalue weighted by molar-refractivity contribution is 8.01. The summed E-state index contributed by atoms with van der Waals surface area (Å²) in [5.74, 6) is 3.59. The predicted octanol–water partition coefficient (Wildman–Crippen LogP) is 2.22. The molecule has 1 saturated heterocycles. The Morgan fingerprint density at radius 1 is 1.18 bits per heavy atom. The van der Waals surface area contributed by atoms with Crippen LogP contribution in [0.15, 0.2) is 0 Å². The molecule has 1 aliphatic heterocycles. The smallest absolute Gasteiger partial charge is 0.230 e. The van der Waals surface area contributed by atoms with Crippen LogP contribution in [0.3, 0.4) is 0 Å². The largest absolute Gasteiger partial charge is 0.377 e. The first-order chi connectivity index (χ1) is 10.7. The van der Waals surface area contributed by atoms with Gasteiger partial charge in [-0.15, -0.1) is 11.8 Å². The number of nitrogens with one attached hydrogen (secondary N) is 1. The van der Waals surface area contributed by atoms with Crippen molar-refractivity contribution >= 4 is 17.7 Å². The van der Waals surface area contributed by atoms with E-state index >= 15 is 0 Å². The summed E-state index contributed by atoms with van der Waals surface area (Å²) in [5.41, 5.74) is 0. The van der Waals surface area contributed by atoms with Crippen LogP contribution in [0.2, 0.25) is 0 Å². The third-order valence-electron chi connectivity index (χ3n) is 6.17. The maximum atomic E-state index is 12.3. The lowest BCUT2D eigenvalue weighted by molar-refractivity contribution is -0.119. The van der Waals surface area contributed by atoms with Gasteiger partial charge in [0.1, 0.15) is 6.10 Å². The molecule has 124 valence electrons.